The van der Waals surface area contributed by atoms with Crippen LogP contribution in [0.3, 0.4) is 0 Å². The van der Waals surface area contributed by atoms with E-state index in [-0.39, 0.29) is 17.6 Å². The van der Waals surface area contributed by atoms with Crippen molar-refractivity contribution in [1.82, 2.24) is 20.1 Å². The van der Waals surface area contributed by atoms with Gasteiger partial charge >= 0.3 is 0 Å². The van der Waals surface area contributed by atoms with Crippen molar-refractivity contribution in [3.63, 3.8) is 0 Å². The average molecular weight is 350 g/mol. The van der Waals surface area contributed by atoms with Gasteiger partial charge in [0.15, 0.2) is 0 Å². The van der Waals surface area contributed by atoms with Crippen LogP contribution in [0.4, 0.5) is 4.39 Å². The number of hydrogen-bond donors (Lipinski definition) is 1. The lowest BCUT2D eigenvalue weighted by Gasteiger charge is -2.32. The maximum Gasteiger partial charge on any atom is 0.255 e. The first-order valence-electron chi connectivity index (χ1n) is 8.71. The van der Waals surface area contributed by atoms with Crippen LogP contribution in [0, 0.1) is 5.82 Å². The van der Waals surface area contributed by atoms with Crippen LogP contribution in [0.1, 0.15) is 34.8 Å². The summed E-state index contributed by atoms with van der Waals surface area (Å²) in [5.41, 5.74) is 3.28. The minimum Gasteiger partial charge on any atom is -0.338 e. The van der Waals surface area contributed by atoms with E-state index < -0.39 is 0 Å². The molecule has 1 fully saturated rings. The van der Waals surface area contributed by atoms with Crippen LogP contribution in [-0.2, 0) is 0 Å². The molecule has 4 rings (SSSR count). The molecule has 5 nitrogen and oxygen atoms in total. The Morgan fingerprint density at radius 2 is 2.08 bits per heavy atom. The largest absolute Gasteiger partial charge is 0.338 e. The van der Waals surface area contributed by atoms with Gasteiger partial charge < -0.3 is 4.90 Å². The van der Waals surface area contributed by atoms with E-state index in [0.29, 0.717) is 12.1 Å². The molecule has 1 saturated heterocycles. The van der Waals surface area contributed by atoms with E-state index >= 15 is 0 Å². The third kappa shape index (κ3) is 3.35. The summed E-state index contributed by atoms with van der Waals surface area (Å²) < 4.78 is 13.1. The average Bonchev–Trinajstić information content (AvgIpc) is 3.19. The van der Waals surface area contributed by atoms with Gasteiger partial charge in [-0.15, -0.1) is 0 Å². The van der Waals surface area contributed by atoms with Crippen LogP contribution in [0.5, 0.6) is 0 Å². The number of hydrogen-bond acceptors (Lipinski definition) is 3. The number of carbonyl (C=O) groups excluding carboxylic acids is 1. The van der Waals surface area contributed by atoms with Gasteiger partial charge in [0.25, 0.3) is 5.91 Å². The molecule has 1 N–H and O–H groups in total. The van der Waals surface area contributed by atoms with Crippen LogP contribution >= 0.6 is 0 Å². The fourth-order valence-corrected chi connectivity index (χ4v) is 3.40. The molecule has 1 aliphatic rings. The molecule has 0 saturated carbocycles. The number of piperidine rings is 1. The SMILES string of the molecule is O=C(c1cccnc1)N1CCC[C@@H](c2cc(-c3ccc(F)cc3)n[nH]2)C1. The Kier molecular flexibility index (Phi) is 4.48. The fraction of sp³-hybridized carbons (Fsp3) is 0.250. The van der Waals surface area contributed by atoms with Crippen molar-refractivity contribution in [1.29, 1.82) is 0 Å². The standard InChI is InChI=1S/C20H19FN4O/c21-17-7-5-14(6-8-17)18-11-19(24-23-18)16-4-2-10-25(13-16)20(26)15-3-1-9-22-12-15/h1,3,5-9,11-12,16H,2,4,10,13H2,(H,23,24)/t16-/m1/s1. The molecular weight excluding hydrogens is 331 g/mol. The molecule has 1 atom stereocenters. The van der Waals surface area contributed by atoms with E-state index in [4.69, 9.17) is 0 Å². The molecule has 3 heterocycles. The molecule has 0 aliphatic carbocycles. The van der Waals surface area contributed by atoms with Gasteiger partial charge in [0, 0.05) is 42.7 Å². The minimum atomic E-state index is -0.263. The lowest BCUT2D eigenvalue weighted by molar-refractivity contribution is 0.0705. The number of H-pyrrole nitrogens is 1. The van der Waals surface area contributed by atoms with Gasteiger partial charge in [0.1, 0.15) is 5.82 Å². The molecule has 1 aromatic carbocycles. The molecule has 0 bridgehead atoms. The summed E-state index contributed by atoms with van der Waals surface area (Å²) in [6.45, 7) is 1.40. The van der Waals surface area contributed by atoms with E-state index in [1.807, 2.05) is 11.0 Å². The Hall–Kier alpha value is -3.02. The van der Waals surface area contributed by atoms with Gasteiger partial charge in [-0.3, -0.25) is 14.9 Å². The van der Waals surface area contributed by atoms with Crippen LogP contribution in [0.15, 0.2) is 54.9 Å². The van der Waals surface area contributed by atoms with E-state index in [2.05, 4.69) is 15.2 Å². The molecule has 0 spiro atoms. The predicted octanol–water partition coefficient (Wildman–Crippen LogP) is 3.63. The molecule has 1 aliphatic heterocycles. The number of likely N-dealkylation sites (tertiary alicyclic amines) is 1. The molecule has 3 aromatic rings. The Balaban J connectivity index is 1.50. The maximum absolute atomic E-state index is 13.1. The van der Waals surface area contributed by atoms with Crippen molar-refractivity contribution < 1.29 is 9.18 Å². The normalized spacial score (nSPS) is 17.3. The second-order valence-corrected chi connectivity index (χ2v) is 6.55. The van der Waals surface area contributed by atoms with Crippen LogP contribution in [0.2, 0.25) is 0 Å². The lowest BCUT2D eigenvalue weighted by Crippen LogP contribution is -2.39. The summed E-state index contributed by atoms with van der Waals surface area (Å²) in [4.78, 5) is 18.6. The topological polar surface area (TPSA) is 61.9 Å². The number of aromatic amines is 1. The summed E-state index contributed by atoms with van der Waals surface area (Å²) in [6, 6.07) is 11.9. The van der Waals surface area contributed by atoms with E-state index in [1.54, 1.807) is 36.7 Å². The highest BCUT2D eigenvalue weighted by Crippen LogP contribution is 2.29. The quantitative estimate of drug-likeness (QED) is 0.785. The molecule has 2 aromatic heterocycles. The van der Waals surface area contributed by atoms with Gasteiger partial charge in [-0.1, -0.05) is 0 Å². The molecule has 26 heavy (non-hydrogen) atoms. The van der Waals surface area contributed by atoms with Crippen LogP contribution in [-0.4, -0.2) is 39.1 Å². The monoisotopic (exact) mass is 350 g/mol. The molecule has 132 valence electrons. The smallest absolute Gasteiger partial charge is 0.255 e. The molecule has 0 radical (unpaired) electrons. The van der Waals surface area contributed by atoms with Crippen molar-refractivity contribution in [2.24, 2.45) is 0 Å². The minimum absolute atomic E-state index is 0.0149. The number of carbonyl (C=O) groups is 1. The Bertz CT molecular complexity index is 892. The summed E-state index contributed by atoms with van der Waals surface area (Å²) in [5.74, 6) is -0.0338. The first-order chi connectivity index (χ1) is 12.7. The Labute approximate surface area is 150 Å². The molecule has 0 unspecified atom stereocenters. The maximum atomic E-state index is 13.1. The van der Waals surface area contributed by atoms with Gasteiger partial charge in [-0.05, 0) is 55.3 Å². The van der Waals surface area contributed by atoms with Crippen molar-refractivity contribution in [3.05, 3.63) is 71.9 Å². The van der Waals surface area contributed by atoms with Crippen molar-refractivity contribution in [3.8, 4) is 11.3 Å². The lowest BCUT2D eigenvalue weighted by atomic mass is 9.94. The molecular formula is C20H19FN4O. The highest BCUT2D eigenvalue weighted by atomic mass is 19.1. The van der Waals surface area contributed by atoms with E-state index in [9.17, 15) is 9.18 Å². The second kappa shape index (κ2) is 7.07. The Morgan fingerprint density at radius 3 is 2.85 bits per heavy atom. The second-order valence-electron chi connectivity index (χ2n) is 6.55. The molecule has 6 heteroatoms. The van der Waals surface area contributed by atoms with E-state index in [0.717, 1.165) is 36.3 Å². The zero-order valence-corrected chi connectivity index (χ0v) is 14.2. The van der Waals surface area contributed by atoms with Crippen molar-refractivity contribution in [2.75, 3.05) is 13.1 Å². The summed E-state index contributed by atoms with van der Waals surface area (Å²) >= 11 is 0. The Morgan fingerprint density at radius 1 is 1.23 bits per heavy atom. The van der Waals surface area contributed by atoms with Gasteiger partial charge in [0.2, 0.25) is 0 Å². The number of aromatic nitrogens is 3. The fourth-order valence-electron chi connectivity index (χ4n) is 3.40. The number of amides is 1. The highest BCUT2D eigenvalue weighted by molar-refractivity contribution is 5.94. The van der Waals surface area contributed by atoms with Gasteiger partial charge in [0.05, 0.1) is 11.3 Å². The molecule has 1 amide bonds. The van der Waals surface area contributed by atoms with E-state index in [1.165, 1.54) is 12.1 Å². The van der Waals surface area contributed by atoms with Crippen molar-refractivity contribution in [2.45, 2.75) is 18.8 Å². The summed E-state index contributed by atoms with van der Waals surface area (Å²) in [7, 11) is 0. The first kappa shape index (κ1) is 16.4. The zero-order chi connectivity index (χ0) is 17.9. The summed E-state index contributed by atoms with van der Waals surface area (Å²) in [5, 5.41) is 7.45. The number of nitrogens with zero attached hydrogens (tertiary/aromatic N) is 3. The van der Waals surface area contributed by atoms with Crippen LogP contribution in [0.25, 0.3) is 11.3 Å². The number of nitrogens with one attached hydrogen (secondary N) is 1. The highest BCUT2D eigenvalue weighted by Gasteiger charge is 2.26. The van der Waals surface area contributed by atoms with Crippen LogP contribution < -0.4 is 0 Å². The van der Waals surface area contributed by atoms with Gasteiger partial charge in [-0.2, -0.15) is 5.10 Å². The van der Waals surface area contributed by atoms with Crippen molar-refractivity contribution >= 4 is 5.91 Å². The number of pyridine rings is 1. The predicted molar refractivity (Wildman–Crippen MR) is 96.1 cm³/mol. The number of rotatable bonds is 3. The first-order valence-corrected chi connectivity index (χ1v) is 8.71. The number of benzene rings is 1. The summed E-state index contributed by atoms with van der Waals surface area (Å²) in [6.07, 6.45) is 5.22. The van der Waals surface area contributed by atoms with Gasteiger partial charge in [-0.25, -0.2) is 4.39 Å². The number of halogens is 1. The third-order valence-corrected chi connectivity index (χ3v) is 4.79. The third-order valence-electron chi connectivity index (χ3n) is 4.79. The zero-order valence-electron chi connectivity index (χ0n) is 14.2.